The highest BCUT2D eigenvalue weighted by molar-refractivity contribution is 5.98. The van der Waals surface area contributed by atoms with Crippen LogP contribution < -0.4 is 4.74 Å². The fourth-order valence-electron chi connectivity index (χ4n) is 4.24. The predicted octanol–water partition coefficient (Wildman–Crippen LogP) is 2.12. The number of carbonyl (C=O) groups excluding carboxylic acids is 2. The van der Waals surface area contributed by atoms with Crippen LogP contribution in [0.1, 0.15) is 54.2 Å². The number of fused-ring (bicyclic) bond motifs is 3. The van der Waals surface area contributed by atoms with E-state index in [-0.39, 0.29) is 11.3 Å². The summed E-state index contributed by atoms with van der Waals surface area (Å²) in [4.78, 5) is 25.0. The van der Waals surface area contributed by atoms with Gasteiger partial charge in [-0.2, -0.15) is 5.10 Å². The smallest absolute Gasteiger partial charge is 0.308 e. The molecular weight excluding hydrogens is 360 g/mol. The second kappa shape index (κ2) is 5.82. The fraction of sp³-hybridized carbons (Fsp3) is 0.368. The molecule has 1 fully saturated rings. The van der Waals surface area contributed by atoms with Crippen molar-refractivity contribution in [1.29, 1.82) is 0 Å². The third-order valence-corrected chi connectivity index (χ3v) is 5.85. The number of esters is 1. The van der Waals surface area contributed by atoms with Gasteiger partial charge < -0.3 is 4.74 Å². The predicted molar refractivity (Wildman–Crippen MR) is 96.7 cm³/mol. The van der Waals surface area contributed by atoms with Crippen LogP contribution in [0.15, 0.2) is 24.3 Å². The number of hydrogen-bond acceptors (Lipinski definition) is 7. The molecule has 0 radical (unpaired) electrons. The molecule has 0 spiro atoms. The monoisotopic (exact) mass is 378 g/mol. The molecule has 1 saturated carbocycles. The number of aromatic nitrogens is 6. The number of carbonyl (C=O) groups is 2. The lowest BCUT2D eigenvalue weighted by molar-refractivity contribution is -0.131. The number of tetrazole rings is 1. The highest BCUT2D eigenvalue weighted by Crippen LogP contribution is 2.68. The van der Waals surface area contributed by atoms with Crippen molar-refractivity contribution in [2.75, 3.05) is 0 Å². The Morgan fingerprint density at radius 3 is 2.96 bits per heavy atom. The molecule has 9 heteroatoms. The summed E-state index contributed by atoms with van der Waals surface area (Å²) in [6.07, 6.45) is 3.28. The summed E-state index contributed by atoms with van der Waals surface area (Å²) < 4.78 is 5.10. The lowest BCUT2D eigenvalue weighted by atomic mass is 9.98. The van der Waals surface area contributed by atoms with Gasteiger partial charge in [0.15, 0.2) is 0 Å². The average molecular weight is 378 g/mol. The Morgan fingerprint density at radius 2 is 2.18 bits per heavy atom. The molecule has 2 aliphatic rings. The van der Waals surface area contributed by atoms with Crippen molar-refractivity contribution in [2.24, 2.45) is 5.41 Å². The second-order valence-electron chi connectivity index (χ2n) is 7.41. The van der Waals surface area contributed by atoms with Crippen LogP contribution in [0, 0.1) is 5.41 Å². The molecule has 0 saturated heterocycles. The number of para-hydroxylation sites is 1. The first-order chi connectivity index (χ1) is 13.5. The first-order valence-corrected chi connectivity index (χ1v) is 9.22. The van der Waals surface area contributed by atoms with Crippen LogP contribution in [-0.4, -0.2) is 42.3 Å². The van der Waals surface area contributed by atoms with Gasteiger partial charge in [-0.3, -0.25) is 14.7 Å². The number of nitrogens with zero attached hydrogens (tertiary/aromatic N) is 5. The van der Waals surface area contributed by atoms with Crippen molar-refractivity contribution in [3.63, 3.8) is 0 Å². The van der Waals surface area contributed by atoms with Gasteiger partial charge in [0.2, 0.25) is 5.82 Å². The summed E-state index contributed by atoms with van der Waals surface area (Å²) in [5, 5.41) is 19.7. The molecule has 28 heavy (non-hydrogen) atoms. The molecule has 2 atom stereocenters. The molecule has 3 aromatic rings. The Labute approximate surface area is 160 Å². The van der Waals surface area contributed by atoms with E-state index >= 15 is 0 Å². The van der Waals surface area contributed by atoms with Crippen LogP contribution in [-0.2, 0) is 11.2 Å². The Hall–Kier alpha value is -3.36. The molecule has 1 aromatic carbocycles. The van der Waals surface area contributed by atoms with Crippen LogP contribution in [0.25, 0.3) is 11.5 Å². The number of benzene rings is 1. The standard InChI is InChI=1S/C19H18N6O3/c1-3-19-8-12-15(13(19)9-19)20-21-16(12)17-22-24-25(23-17)18(27)11-6-4-5-7-14(11)28-10(2)26/h4-7,13H,3,8-9H2,1-2H3,(H,20,21). The Bertz CT molecular complexity index is 1120. The SMILES string of the molecule is CCC12Cc3c(-c4nnn(C(=O)c5ccccc5OC(C)=O)n4)n[nH]c3C1C2. The van der Waals surface area contributed by atoms with Gasteiger partial charge in [0.1, 0.15) is 11.4 Å². The minimum Gasteiger partial charge on any atom is -0.426 e. The zero-order valence-corrected chi connectivity index (χ0v) is 15.5. The normalized spacial score (nSPS) is 21.9. The third kappa shape index (κ3) is 2.39. The van der Waals surface area contributed by atoms with Crippen LogP contribution in [0.4, 0.5) is 0 Å². The molecular formula is C19H18N6O3. The lowest BCUT2D eigenvalue weighted by Crippen LogP contribution is -2.17. The minimum absolute atomic E-state index is 0.157. The zero-order chi connectivity index (χ0) is 19.5. The Balaban J connectivity index is 1.45. The molecule has 142 valence electrons. The molecule has 1 N–H and O–H groups in total. The summed E-state index contributed by atoms with van der Waals surface area (Å²) in [7, 11) is 0. The highest BCUT2D eigenvalue weighted by atomic mass is 16.5. The van der Waals surface area contributed by atoms with Crippen LogP contribution in [0.2, 0.25) is 0 Å². The van der Waals surface area contributed by atoms with Gasteiger partial charge in [0.25, 0.3) is 0 Å². The quantitative estimate of drug-likeness (QED) is 0.546. The van der Waals surface area contributed by atoms with Gasteiger partial charge in [-0.15, -0.1) is 10.2 Å². The van der Waals surface area contributed by atoms with Gasteiger partial charge in [-0.1, -0.05) is 23.9 Å². The molecule has 0 bridgehead atoms. The molecule has 2 aliphatic carbocycles. The molecule has 9 nitrogen and oxygen atoms in total. The molecule has 2 unspecified atom stereocenters. The minimum atomic E-state index is -0.532. The van der Waals surface area contributed by atoms with E-state index in [4.69, 9.17) is 4.74 Å². The third-order valence-electron chi connectivity index (χ3n) is 5.85. The Kier molecular flexibility index (Phi) is 3.49. The van der Waals surface area contributed by atoms with E-state index in [1.54, 1.807) is 24.3 Å². The first-order valence-electron chi connectivity index (χ1n) is 9.22. The van der Waals surface area contributed by atoms with Gasteiger partial charge in [-0.05, 0) is 42.0 Å². The largest absolute Gasteiger partial charge is 0.426 e. The number of H-pyrrole nitrogens is 1. The van der Waals surface area contributed by atoms with Crippen molar-refractivity contribution in [1.82, 2.24) is 30.4 Å². The van der Waals surface area contributed by atoms with Gasteiger partial charge in [0, 0.05) is 24.1 Å². The molecule has 0 aliphatic heterocycles. The van der Waals surface area contributed by atoms with E-state index in [0.29, 0.717) is 22.9 Å². The van der Waals surface area contributed by atoms with E-state index in [2.05, 4.69) is 32.5 Å². The second-order valence-corrected chi connectivity index (χ2v) is 7.41. The molecule has 5 rings (SSSR count). The van der Waals surface area contributed by atoms with Crippen molar-refractivity contribution in [3.05, 3.63) is 41.1 Å². The average Bonchev–Trinajstić information content (AvgIpc) is 3.04. The van der Waals surface area contributed by atoms with E-state index in [1.165, 1.54) is 19.0 Å². The van der Waals surface area contributed by atoms with E-state index in [9.17, 15) is 9.59 Å². The summed E-state index contributed by atoms with van der Waals surface area (Å²) in [6.45, 7) is 3.49. The first kappa shape index (κ1) is 16.8. The van der Waals surface area contributed by atoms with Gasteiger partial charge in [0.05, 0.1) is 5.56 Å². The number of ether oxygens (including phenoxy) is 1. The number of aromatic amines is 1. The number of hydrogen-bond donors (Lipinski definition) is 1. The van der Waals surface area contributed by atoms with Crippen molar-refractivity contribution < 1.29 is 14.3 Å². The highest BCUT2D eigenvalue weighted by Gasteiger charge is 2.60. The van der Waals surface area contributed by atoms with Crippen molar-refractivity contribution in [3.8, 4) is 17.3 Å². The van der Waals surface area contributed by atoms with Gasteiger partial charge >= 0.3 is 11.9 Å². The molecule has 0 amide bonds. The van der Waals surface area contributed by atoms with E-state index < -0.39 is 11.9 Å². The van der Waals surface area contributed by atoms with E-state index in [0.717, 1.165) is 23.2 Å². The lowest BCUT2D eigenvalue weighted by Gasteiger charge is -2.07. The molecule has 2 aromatic heterocycles. The number of rotatable bonds is 4. The summed E-state index contributed by atoms with van der Waals surface area (Å²) in [6, 6.07) is 6.45. The summed E-state index contributed by atoms with van der Waals surface area (Å²) >= 11 is 0. The summed E-state index contributed by atoms with van der Waals surface area (Å²) in [5.41, 5.74) is 3.49. The maximum absolute atomic E-state index is 12.8. The van der Waals surface area contributed by atoms with Crippen LogP contribution in [0.3, 0.4) is 0 Å². The van der Waals surface area contributed by atoms with Crippen LogP contribution >= 0.6 is 0 Å². The maximum Gasteiger partial charge on any atom is 0.308 e. The van der Waals surface area contributed by atoms with Crippen molar-refractivity contribution >= 4 is 11.9 Å². The zero-order valence-electron chi connectivity index (χ0n) is 15.5. The van der Waals surface area contributed by atoms with Crippen molar-refractivity contribution in [2.45, 2.75) is 39.0 Å². The maximum atomic E-state index is 12.8. The fourth-order valence-corrected chi connectivity index (χ4v) is 4.24. The Morgan fingerprint density at radius 1 is 1.36 bits per heavy atom. The van der Waals surface area contributed by atoms with Crippen LogP contribution in [0.5, 0.6) is 5.75 Å². The number of nitrogens with one attached hydrogen (secondary N) is 1. The topological polar surface area (TPSA) is 116 Å². The summed E-state index contributed by atoms with van der Waals surface area (Å²) in [5.74, 6) is -0.0347. The van der Waals surface area contributed by atoms with Gasteiger partial charge in [-0.25, -0.2) is 0 Å². The molecule has 2 heterocycles. The van der Waals surface area contributed by atoms with E-state index in [1.807, 2.05) is 0 Å².